The first-order valence-electron chi connectivity index (χ1n) is 17.4. The second kappa shape index (κ2) is 12.1. The topological polar surface area (TPSA) is 3.24 Å². The lowest BCUT2D eigenvalue weighted by Crippen LogP contribution is -2.16. The van der Waals surface area contributed by atoms with Crippen LogP contribution in [0.25, 0.3) is 55.3 Å². The predicted molar refractivity (Wildman–Crippen MR) is 213 cm³/mol. The normalized spacial score (nSPS) is 12.8. The van der Waals surface area contributed by atoms with E-state index in [4.69, 9.17) is 0 Å². The van der Waals surface area contributed by atoms with Crippen LogP contribution in [0.3, 0.4) is 0 Å². The van der Waals surface area contributed by atoms with Gasteiger partial charge in [0.1, 0.15) is 0 Å². The van der Waals surface area contributed by atoms with Crippen LogP contribution in [0.2, 0.25) is 0 Å². The molecule has 9 rings (SSSR count). The molecule has 0 spiro atoms. The van der Waals surface area contributed by atoms with Crippen molar-refractivity contribution in [2.24, 2.45) is 0 Å². The van der Waals surface area contributed by atoms with Gasteiger partial charge in [0.05, 0.1) is 0 Å². The molecule has 0 fully saturated rings. The molecule has 8 aromatic carbocycles. The molecule has 0 unspecified atom stereocenters. The Morgan fingerprint density at radius 2 is 0.860 bits per heavy atom. The second-order valence-electron chi connectivity index (χ2n) is 13.8. The third-order valence-electron chi connectivity index (χ3n) is 10.4. The zero-order chi connectivity index (χ0) is 33.7. The van der Waals surface area contributed by atoms with Gasteiger partial charge in [-0.05, 0) is 115 Å². The summed E-state index contributed by atoms with van der Waals surface area (Å²) in [6.45, 7) is 4.74. The highest BCUT2D eigenvalue weighted by Crippen LogP contribution is 2.53. The molecule has 0 bridgehead atoms. The van der Waals surface area contributed by atoms with E-state index < -0.39 is 0 Å². The highest BCUT2D eigenvalue weighted by Gasteiger charge is 2.37. The van der Waals surface area contributed by atoms with Crippen LogP contribution in [0.4, 0.5) is 17.1 Å². The van der Waals surface area contributed by atoms with Crippen LogP contribution in [0.1, 0.15) is 25.0 Å². The van der Waals surface area contributed by atoms with Crippen molar-refractivity contribution in [1.82, 2.24) is 0 Å². The first-order chi connectivity index (χ1) is 24.6. The van der Waals surface area contributed by atoms with Crippen LogP contribution >= 0.6 is 0 Å². The Morgan fingerprint density at radius 1 is 0.340 bits per heavy atom. The van der Waals surface area contributed by atoms with Crippen LogP contribution in [0, 0.1) is 0 Å². The van der Waals surface area contributed by atoms with Crippen molar-refractivity contribution in [2.75, 3.05) is 4.90 Å². The van der Waals surface area contributed by atoms with E-state index in [1.807, 2.05) is 0 Å². The third kappa shape index (κ3) is 5.02. The Balaban J connectivity index is 1.21. The van der Waals surface area contributed by atoms with Crippen LogP contribution in [-0.2, 0) is 5.41 Å². The summed E-state index contributed by atoms with van der Waals surface area (Å²) in [5, 5.41) is 2.48. The van der Waals surface area contributed by atoms with Crippen molar-refractivity contribution in [3.8, 4) is 44.5 Å². The van der Waals surface area contributed by atoms with Gasteiger partial charge < -0.3 is 4.90 Å². The smallest absolute Gasteiger partial charge is 0.0467 e. The van der Waals surface area contributed by atoms with Crippen LogP contribution in [0.5, 0.6) is 0 Å². The number of rotatable bonds is 6. The van der Waals surface area contributed by atoms with Gasteiger partial charge in [0.2, 0.25) is 0 Å². The Morgan fingerprint density at radius 3 is 1.54 bits per heavy atom. The SMILES string of the molecule is CC1(C)c2cc(N(c3ccccc3)c3cccc(-c4cc5ccccc5cc4-c4ccccc4)c3)ccc2-c2c(-c3ccccc3)cccc21. The maximum atomic E-state index is 2.43. The molecule has 0 atom stereocenters. The average Bonchev–Trinajstić information content (AvgIpc) is 3.41. The molecule has 0 N–H and O–H groups in total. The summed E-state index contributed by atoms with van der Waals surface area (Å²) in [7, 11) is 0. The largest absolute Gasteiger partial charge is 0.310 e. The minimum Gasteiger partial charge on any atom is -0.310 e. The van der Waals surface area contributed by atoms with E-state index in [0.29, 0.717) is 0 Å². The molecule has 50 heavy (non-hydrogen) atoms. The number of hydrogen-bond donors (Lipinski definition) is 0. The van der Waals surface area contributed by atoms with Crippen LogP contribution in [0.15, 0.2) is 188 Å². The number of hydrogen-bond acceptors (Lipinski definition) is 1. The van der Waals surface area contributed by atoms with Gasteiger partial charge in [0, 0.05) is 22.5 Å². The summed E-state index contributed by atoms with van der Waals surface area (Å²) in [5.74, 6) is 0. The summed E-state index contributed by atoms with van der Waals surface area (Å²) in [5.41, 5.74) is 16.1. The quantitative estimate of drug-likeness (QED) is 0.175. The first kappa shape index (κ1) is 29.9. The van der Waals surface area contributed by atoms with E-state index in [9.17, 15) is 0 Å². The van der Waals surface area contributed by atoms with Gasteiger partial charge in [-0.3, -0.25) is 0 Å². The lowest BCUT2D eigenvalue weighted by Gasteiger charge is -2.28. The number of anilines is 3. The van der Waals surface area contributed by atoms with Crippen molar-refractivity contribution in [1.29, 1.82) is 0 Å². The minimum absolute atomic E-state index is 0.147. The highest BCUT2D eigenvalue weighted by molar-refractivity contribution is 5.98. The van der Waals surface area contributed by atoms with E-state index in [1.165, 1.54) is 66.4 Å². The predicted octanol–water partition coefficient (Wildman–Crippen LogP) is 13.6. The third-order valence-corrected chi connectivity index (χ3v) is 10.4. The van der Waals surface area contributed by atoms with Gasteiger partial charge in [-0.25, -0.2) is 0 Å². The molecule has 0 heterocycles. The van der Waals surface area contributed by atoms with E-state index in [-0.39, 0.29) is 5.41 Å². The lowest BCUT2D eigenvalue weighted by atomic mass is 9.81. The fourth-order valence-corrected chi connectivity index (χ4v) is 7.95. The van der Waals surface area contributed by atoms with E-state index >= 15 is 0 Å². The zero-order valence-corrected chi connectivity index (χ0v) is 28.3. The molecule has 0 saturated carbocycles. The molecule has 238 valence electrons. The molecular weight excluding hydrogens is 603 g/mol. The summed E-state index contributed by atoms with van der Waals surface area (Å²) >= 11 is 0. The zero-order valence-electron chi connectivity index (χ0n) is 28.3. The lowest BCUT2D eigenvalue weighted by molar-refractivity contribution is 0.660. The van der Waals surface area contributed by atoms with Gasteiger partial charge in [-0.15, -0.1) is 0 Å². The second-order valence-corrected chi connectivity index (χ2v) is 13.8. The van der Waals surface area contributed by atoms with E-state index in [1.54, 1.807) is 0 Å². The Kier molecular flexibility index (Phi) is 7.21. The van der Waals surface area contributed by atoms with Gasteiger partial charge in [0.25, 0.3) is 0 Å². The van der Waals surface area contributed by atoms with E-state index in [0.717, 1.165) is 17.1 Å². The molecular formula is C49H37N. The molecule has 0 saturated heterocycles. The first-order valence-corrected chi connectivity index (χ1v) is 17.4. The Labute approximate surface area is 294 Å². The molecule has 0 amide bonds. The van der Waals surface area contributed by atoms with Crippen molar-refractivity contribution in [2.45, 2.75) is 19.3 Å². The van der Waals surface area contributed by atoms with E-state index in [2.05, 4.69) is 207 Å². The number of nitrogens with zero attached hydrogens (tertiary/aromatic N) is 1. The monoisotopic (exact) mass is 639 g/mol. The maximum Gasteiger partial charge on any atom is 0.0467 e. The molecule has 1 aliphatic rings. The number of benzene rings is 8. The summed E-state index contributed by atoms with van der Waals surface area (Å²) in [4.78, 5) is 2.41. The maximum absolute atomic E-state index is 2.43. The fourth-order valence-electron chi connectivity index (χ4n) is 7.95. The standard InChI is InChI=1S/C49H37N/c1-49(2)46-27-15-26-42(34-16-6-3-7-17-34)48(46)43-29-28-41(33-47(43)49)50(39-23-10-5-11-24-39)40-25-14-22-38(30-40)45-32-37-21-13-12-20-36(37)31-44(45)35-18-8-4-9-19-35/h3-33H,1-2H3. The minimum atomic E-state index is -0.147. The molecule has 0 radical (unpaired) electrons. The average molecular weight is 640 g/mol. The molecule has 1 nitrogen and oxygen atoms in total. The van der Waals surface area contributed by atoms with Crippen LogP contribution < -0.4 is 4.90 Å². The van der Waals surface area contributed by atoms with Gasteiger partial charge in [-0.2, -0.15) is 0 Å². The molecule has 0 aliphatic heterocycles. The Bertz CT molecular complexity index is 2490. The number of para-hydroxylation sites is 1. The molecule has 1 aliphatic carbocycles. The highest BCUT2D eigenvalue weighted by atomic mass is 15.1. The molecule has 1 heteroatoms. The Hall–Kier alpha value is -6.18. The molecule has 0 aromatic heterocycles. The molecule has 8 aromatic rings. The van der Waals surface area contributed by atoms with Crippen molar-refractivity contribution < 1.29 is 0 Å². The van der Waals surface area contributed by atoms with Crippen molar-refractivity contribution in [3.05, 3.63) is 199 Å². The summed E-state index contributed by atoms with van der Waals surface area (Å²) in [6, 6.07) is 68.6. The number of fused-ring (bicyclic) bond motifs is 4. The van der Waals surface area contributed by atoms with Crippen molar-refractivity contribution in [3.63, 3.8) is 0 Å². The summed E-state index contributed by atoms with van der Waals surface area (Å²) < 4.78 is 0. The van der Waals surface area contributed by atoms with Crippen molar-refractivity contribution >= 4 is 27.8 Å². The fraction of sp³-hybridized carbons (Fsp3) is 0.0612. The van der Waals surface area contributed by atoms with Gasteiger partial charge in [0.15, 0.2) is 0 Å². The van der Waals surface area contributed by atoms with Crippen LogP contribution in [-0.4, -0.2) is 0 Å². The summed E-state index contributed by atoms with van der Waals surface area (Å²) in [6.07, 6.45) is 0. The van der Waals surface area contributed by atoms with Gasteiger partial charge in [-0.1, -0.05) is 153 Å². The van der Waals surface area contributed by atoms with Gasteiger partial charge >= 0.3 is 0 Å².